The van der Waals surface area contributed by atoms with E-state index in [1.54, 1.807) is 13.8 Å². The number of esters is 1. The molecule has 1 aliphatic rings. The second kappa shape index (κ2) is 6.96. The van der Waals surface area contributed by atoms with Crippen LogP contribution in [0, 0.1) is 5.92 Å². The first-order chi connectivity index (χ1) is 8.99. The number of rotatable bonds is 4. The molecule has 108 valence electrons. The molecule has 0 aromatic carbocycles. The summed E-state index contributed by atoms with van der Waals surface area (Å²) in [5.41, 5.74) is 0. The van der Waals surface area contributed by atoms with E-state index < -0.39 is 24.0 Å². The average Bonchev–Trinajstić information content (AvgIpc) is 2.73. The first-order valence-corrected chi connectivity index (χ1v) is 6.35. The molecule has 0 unspecified atom stereocenters. The molecule has 7 nitrogen and oxygen atoms in total. The fourth-order valence-electron chi connectivity index (χ4n) is 2.06. The van der Waals surface area contributed by atoms with Crippen LogP contribution >= 0.6 is 0 Å². The number of ether oxygens (including phenoxy) is 2. The lowest BCUT2D eigenvalue weighted by molar-refractivity contribution is -0.148. The van der Waals surface area contributed by atoms with Crippen molar-refractivity contribution >= 4 is 18.0 Å². The normalized spacial score (nSPS) is 21.9. The Kier molecular flexibility index (Phi) is 5.59. The third-order valence-electron chi connectivity index (χ3n) is 2.82. The zero-order valence-corrected chi connectivity index (χ0v) is 11.5. The first kappa shape index (κ1) is 15.3. The van der Waals surface area contributed by atoms with Crippen molar-refractivity contribution in [2.45, 2.75) is 26.8 Å². The second-order valence-electron chi connectivity index (χ2n) is 4.27. The summed E-state index contributed by atoms with van der Waals surface area (Å²) >= 11 is 0. The predicted octanol–water partition coefficient (Wildman–Crippen LogP) is 0.143. The highest BCUT2D eigenvalue weighted by molar-refractivity contribution is 5.79. The van der Waals surface area contributed by atoms with Gasteiger partial charge in [0.05, 0.1) is 25.2 Å². The number of nitrogens with zero attached hydrogens (tertiary/aromatic N) is 1. The molecule has 0 aromatic heterocycles. The van der Waals surface area contributed by atoms with Crippen LogP contribution in [0.2, 0.25) is 0 Å². The fraction of sp³-hybridized carbons (Fsp3) is 0.750. The molecular weight excluding hydrogens is 252 g/mol. The first-order valence-electron chi connectivity index (χ1n) is 6.35. The molecule has 0 spiro atoms. The molecule has 0 radical (unpaired) electrons. The van der Waals surface area contributed by atoms with Crippen LogP contribution in [0.1, 0.15) is 20.8 Å². The van der Waals surface area contributed by atoms with Gasteiger partial charge in [-0.15, -0.1) is 0 Å². The van der Waals surface area contributed by atoms with E-state index in [1.807, 2.05) is 0 Å². The Morgan fingerprint density at radius 2 is 1.79 bits per heavy atom. The van der Waals surface area contributed by atoms with Crippen LogP contribution in [0.15, 0.2) is 0 Å². The molecule has 7 heteroatoms. The van der Waals surface area contributed by atoms with E-state index in [2.05, 4.69) is 5.32 Å². The minimum atomic E-state index is -0.548. The summed E-state index contributed by atoms with van der Waals surface area (Å²) in [6.07, 6.45) is -0.482. The molecule has 0 aliphatic carbocycles. The number of likely N-dealkylation sites (tertiary alicyclic amines) is 1. The smallest absolute Gasteiger partial charge is 0.409 e. The van der Waals surface area contributed by atoms with Gasteiger partial charge in [0.2, 0.25) is 5.91 Å². The summed E-state index contributed by atoms with van der Waals surface area (Å²) in [6, 6.07) is -0.430. The van der Waals surface area contributed by atoms with Crippen molar-refractivity contribution in [2.75, 3.05) is 26.3 Å². The van der Waals surface area contributed by atoms with E-state index in [0.717, 1.165) is 0 Å². The minimum Gasteiger partial charge on any atom is -0.466 e. The number of carbonyl (C=O) groups is 3. The van der Waals surface area contributed by atoms with Crippen molar-refractivity contribution in [2.24, 2.45) is 5.92 Å². The van der Waals surface area contributed by atoms with Crippen LogP contribution in [0.25, 0.3) is 0 Å². The summed E-state index contributed by atoms with van der Waals surface area (Å²) in [7, 11) is 0. The molecule has 1 rings (SSSR count). The molecule has 0 aromatic rings. The highest BCUT2D eigenvalue weighted by atomic mass is 16.6. The van der Waals surface area contributed by atoms with E-state index >= 15 is 0 Å². The molecule has 2 atom stereocenters. The van der Waals surface area contributed by atoms with E-state index in [1.165, 1.54) is 11.8 Å². The SMILES string of the molecule is CCOC(=O)[C@@H]1CN(C(=O)OCC)C[C@@H]1NC(C)=O. The van der Waals surface area contributed by atoms with Gasteiger partial charge in [-0.25, -0.2) is 4.79 Å². The highest BCUT2D eigenvalue weighted by Gasteiger charge is 2.41. The van der Waals surface area contributed by atoms with E-state index in [9.17, 15) is 14.4 Å². The van der Waals surface area contributed by atoms with Gasteiger partial charge < -0.3 is 19.7 Å². The van der Waals surface area contributed by atoms with Gasteiger partial charge in [-0.3, -0.25) is 9.59 Å². The Labute approximate surface area is 112 Å². The summed E-state index contributed by atoms with van der Waals surface area (Å²) in [6.45, 7) is 5.77. The Balaban J connectivity index is 2.72. The van der Waals surface area contributed by atoms with Crippen molar-refractivity contribution in [1.29, 1.82) is 0 Å². The second-order valence-corrected chi connectivity index (χ2v) is 4.27. The molecule has 1 N–H and O–H groups in total. The summed E-state index contributed by atoms with van der Waals surface area (Å²) in [4.78, 5) is 36.0. The van der Waals surface area contributed by atoms with E-state index in [0.29, 0.717) is 0 Å². The van der Waals surface area contributed by atoms with Gasteiger partial charge in [-0.05, 0) is 13.8 Å². The summed E-state index contributed by atoms with van der Waals surface area (Å²) < 4.78 is 9.85. The monoisotopic (exact) mass is 272 g/mol. The molecular formula is C12H20N2O5. The zero-order chi connectivity index (χ0) is 14.4. The van der Waals surface area contributed by atoms with Crippen molar-refractivity contribution in [1.82, 2.24) is 10.2 Å². The van der Waals surface area contributed by atoms with Crippen LogP contribution in [0.3, 0.4) is 0 Å². The zero-order valence-electron chi connectivity index (χ0n) is 11.5. The van der Waals surface area contributed by atoms with Gasteiger partial charge >= 0.3 is 12.1 Å². The van der Waals surface area contributed by atoms with Crippen molar-refractivity contribution in [3.8, 4) is 0 Å². The number of nitrogens with one attached hydrogen (secondary N) is 1. The van der Waals surface area contributed by atoms with Gasteiger partial charge in [-0.2, -0.15) is 0 Å². The quantitative estimate of drug-likeness (QED) is 0.736. The molecule has 1 saturated heterocycles. The van der Waals surface area contributed by atoms with Crippen LogP contribution < -0.4 is 5.32 Å². The molecule has 0 bridgehead atoms. The van der Waals surface area contributed by atoms with Crippen LogP contribution in [-0.4, -0.2) is 55.2 Å². The van der Waals surface area contributed by atoms with Crippen molar-refractivity contribution < 1.29 is 23.9 Å². The van der Waals surface area contributed by atoms with Crippen LogP contribution in [0.5, 0.6) is 0 Å². The lowest BCUT2D eigenvalue weighted by Crippen LogP contribution is -2.42. The topological polar surface area (TPSA) is 84.9 Å². The van der Waals surface area contributed by atoms with Gasteiger partial charge in [0, 0.05) is 20.0 Å². The van der Waals surface area contributed by atoms with E-state index in [4.69, 9.17) is 9.47 Å². The Morgan fingerprint density at radius 1 is 1.16 bits per heavy atom. The Morgan fingerprint density at radius 3 is 2.32 bits per heavy atom. The third kappa shape index (κ3) is 4.11. The van der Waals surface area contributed by atoms with Crippen molar-refractivity contribution in [3.63, 3.8) is 0 Å². The van der Waals surface area contributed by atoms with Gasteiger partial charge in [0.25, 0.3) is 0 Å². The fourth-order valence-corrected chi connectivity index (χ4v) is 2.06. The molecule has 1 heterocycles. The van der Waals surface area contributed by atoms with Gasteiger partial charge in [0.15, 0.2) is 0 Å². The molecule has 0 saturated carbocycles. The lowest BCUT2D eigenvalue weighted by atomic mass is 10.0. The maximum absolute atomic E-state index is 11.8. The van der Waals surface area contributed by atoms with Crippen molar-refractivity contribution in [3.05, 3.63) is 0 Å². The number of hydrogen-bond donors (Lipinski definition) is 1. The number of amides is 2. The maximum Gasteiger partial charge on any atom is 0.409 e. The molecule has 1 fully saturated rings. The lowest BCUT2D eigenvalue weighted by Gasteiger charge is -2.16. The minimum absolute atomic E-state index is 0.197. The number of carbonyl (C=O) groups excluding carboxylic acids is 3. The summed E-state index contributed by atoms with van der Waals surface area (Å²) in [5, 5.41) is 2.67. The predicted molar refractivity (Wildman–Crippen MR) is 66.3 cm³/mol. The Bertz CT molecular complexity index is 358. The maximum atomic E-state index is 11.8. The third-order valence-corrected chi connectivity index (χ3v) is 2.82. The molecule has 2 amide bonds. The largest absolute Gasteiger partial charge is 0.466 e. The van der Waals surface area contributed by atoms with E-state index in [-0.39, 0.29) is 32.2 Å². The molecule has 19 heavy (non-hydrogen) atoms. The standard InChI is InChI=1S/C12H20N2O5/c1-4-18-11(16)9-6-14(12(17)19-5-2)7-10(9)13-8(3)15/h9-10H,4-7H2,1-3H3,(H,13,15)/t9-,10+/m1/s1. The highest BCUT2D eigenvalue weighted by Crippen LogP contribution is 2.19. The van der Waals surface area contributed by atoms with Crippen LogP contribution in [0.4, 0.5) is 4.79 Å². The van der Waals surface area contributed by atoms with Crippen LogP contribution in [-0.2, 0) is 19.1 Å². The number of hydrogen-bond acceptors (Lipinski definition) is 5. The molecule has 1 aliphatic heterocycles. The Hall–Kier alpha value is -1.79. The van der Waals surface area contributed by atoms with Gasteiger partial charge in [-0.1, -0.05) is 0 Å². The summed E-state index contributed by atoms with van der Waals surface area (Å²) in [5.74, 6) is -1.20. The van der Waals surface area contributed by atoms with Gasteiger partial charge in [0.1, 0.15) is 0 Å². The average molecular weight is 272 g/mol.